The normalized spacial score (nSPS) is 14.7. The zero-order valence-corrected chi connectivity index (χ0v) is 15.3. The van der Waals surface area contributed by atoms with Gasteiger partial charge in [-0.2, -0.15) is 0 Å². The number of hydrogen-bond donors (Lipinski definition) is 1. The minimum absolute atomic E-state index is 0.188. The SMILES string of the molecule is CCC(CC)C(CNC(C)c1cc(Cl)ccc1Cl)N(C)C. The van der Waals surface area contributed by atoms with E-state index in [4.69, 9.17) is 23.2 Å². The summed E-state index contributed by atoms with van der Waals surface area (Å²) in [5, 5.41) is 5.11. The standard InChI is InChI=1S/C17H28Cl2N2/c1-6-13(7-2)17(21(4)5)11-20-12(3)15-10-14(18)8-9-16(15)19/h8-10,12-13,17,20H,6-7,11H2,1-5H3. The van der Waals surface area contributed by atoms with E-state index in [0.717, 1.165) is 22.2 Å². The fraction of sp³-hybridized carbons (Fsp3) is 0.647. The largest absolute Gasteiger partial charge is 0.309 e. The summed E-state index contributed by atoms with van der Waals surface area (Å²) in [6.45, 7) is 7.62. The fourth-order valence-corrected chi connectivity index (χ4v) is 3.32. The lowest BCUT2D eigenvalue weighted by Gasteiger charge is -2.32. The minimum Gasteiger partial charge on any atom is -0.309 e. The molecule has 1 aromatic carbocycles. The summed E-state index contributed by atoms with van der Waals surface area (Å²) >= 11 is 12.4. The minimum atomic E-state index is 0.188. The van der Waals surface area contributed by atoms with Crippen LogP contribution < -0.4 is 5.32 Å². The maximum atomic E-state index is 6.28. The van der Waals surface area contributed by atoms with E-state index < -0.39 is 0 Å². The predicted molar refractivity (Wildman–Crippen MR) is 94.4 cm³/mol. The predicted octanol–water partition coefficient (Wildman–Crippen LogP) is 5.01. The molecule has 0 bridgehead atoms. The van der Waals surface area contributed by atoms with E-state index in [-0.39, 0.29) is 6.04 Å². The zero-order valence-electron chi connectivity index (χ0n) is 13.8. The van der Waals surface area contributed by atoms with Crippen molar-refractivity contribution in [1.29, 1.82) is 0 Å². The molecular weight excluding hydrogens is 303 g/mol. The van der Waals surface area contributed by atoms with Gasteiger partial charge < -0.3 is 10.2 Å². The quantitative estimate of drug-likeness (QED) is 0.720. The molecule has 0 aliphatic carbocycles. The molecule has 0 spiro atoms. The van der Waals surface area contributed by atoms with E-state index in [2.05, 4.69) is 45.1 Å². The molecule has 0 saturated carbocycles. The summed E-state index contributed by atoms with van der Waals surface area (Å²) in [5.41, 5.74) is 1.06. The molecule has 21 heavy (non-hydrogen) atoms. The highest BCUT2D eigenvalue weighted by molar-refractivity contribution is 6.33. The van der Waals surface area contributed by atoms with Gasteiger partial charge in [0.25, 0.3) is 0 Å². The average Bonchev–Trinajstić information content (AvgIpc) is 2.45. The monoisotopic (exact) mass is 330 g/mol. The van der Waals surface area contributed by atoms with Gasteiger partial charge in [0.2, 0.25) is 0 Å². The van der Waals surface area contributed by atoms with Crippen LogP contribution in [0.3, 0.4) is 0 Å². The molecule has 0 fully saturated rings. The molecule has 0 aliphatic rings. The maximum absolute atomic E-state index is 6.28. The Morgan fingerprint density at radius 2 is 1.76 bits per heavy atom. The van der Waals surface area contributed by atoms with Crippen molar-refractivity contribution in [3.8, 4) is 0 Å². The van der Waals surface area contributed by atoms with Gasteiger partial charge in [0.15, 0.2) is 0 Å². The molecule has 4 heteroatoms. The van der Waals surface area contributed by atoms with Gasteiger partial charge >= 0.3 is 0 Å². The van der Waals surface area contributed by atoms with Gasteiger partial charge in [0, 0.05) is 28.7 Å². The molecule has 2 atom stereocenters. The van der Waals surface area contributed by atoms with E-state index in [0.29, 0.717) is 12.0 Å². The third-order valence-electron chi connectivity index (χ3n) is 4.31. The number of rotatable bonds is 8. The molecule has 0 saturated heterocycles. The Morgan fingerprint density at radius 1 is 1.14 bits per heavy atom. The Bertz CT molecular complexity index is 431. The van der Waals surface area contributed by atoms with Gasteiger partial charge in [-0.1, -0.05) is 49.9 Å². The van der Waals surface area contributed by atoms with Gasteiger partial charge in [-0.3, -0.25) is 0 Å². The molecule has 0 aliphatic heterocycles. The van der Waals surface area contributed by atoms with Crippen LogP contribution in [0.4, 0.5) is 0 Å². The lowest BCUT2D eigenvalue weighted by Crippen LogP contribution is -2.43. The van der Waals surface area contributed by atoms with E-state index in [9.17, 15) is 0 Å². The average molecular weight is 331 g/mol. The molecule has 120 valence electrons. The van der Waals surface area contributed by atoms with Crippen molar-refractivity contribution in [3.63, 3.8) is 0 Å². The van der Waals surface area contributed by atoms with Gasteiger partial charge in [-0.05, 0) is 50.7 Å². The van der Waals surface area contributed by atoms with E-state index >= 15 is 0 Å². The molecule has 2 nitrogen and oxygen atoms in total. The van der Waals surface area contributed by atoms with Crippen LogP contribution >= 0.6 is 23.2 Å². The smallest absolute Gasteiger partial charge is 0.0454 e. The first kappa shape index (κ1) is 18.8. The van der Waals surface area contributed by atoms with Crippen LogP contribution in [-0.4, -0.2) is 31.6 Å². The first-order valence-electron chi connectivity index (χ1n) is 7.75. The van der Waals surface area contributed by atoms with Crippen LogP contribution in [0.15, 0.2) is 18.2 Å². The fourth-order valence-electron chi connectivity index (χ4n) is 2.86. The lowest BCUT2D eigenvalue weighted by atomic mass is 9.93. The molecule has 0 amide bonds. The Kier molecular flexibility index (Phi) is 8.04. The highest BCUT2D eigenvalue weighted by atomic mass is 35.5. The van der Waals surface area contributed by atoms with Crippen molar-refractivity contribution in [2.24, 2.45) is 5.92 Å². The van der Waals surface area contributed by atoms with Crippen LogP contribution in [-0.2, 0) is 0 Å². The summed E-state index contributed by atoms with van der Waals surface area (Å²) in [7, 11) is 4.31. The lowest BCUT2D eigenvalue weighted by molar-refractivity contribution is 0.190. The van der Waals surface area contributed by atoms with Crippen LogP contribution in [0.5, 0.6) is 0 Å². The topological polar surface area (TPSA) is 15.3 Å². The first-order valence-corrected chi connectivity index (χ1v) is 8.51. The van der Waals surface area contributed by atoms with E-state index in [1.165, 1.54) is 12.8 Å². The molecule has 2 unspecified atom stereocenters. The molecule has 0 radical (unpaired) electrons. The van der Waals surface area contributed by atoms with Gasteiger partial charge in [0.05, 0.1) is 0 Å². The Labute approximate surface area is 139 Å². The first-order chi connectivity index (χ1) is 9.90. The third kappa shape index (κ3) is 5.45. The Balaban J connectivity index is 2.73. The Hall–Kier alpha value is -0.280. The van der Waals surface area contributed by atoms with Gasteiger partial charge in [0.1, 0.15) is 0 Å². The third-order valence-corrected chi connectivity index (χ3v) is 4.89. The Morgan fingerprint density at radius 3 is 2.29 bits per heavy atom. The number of nitrogens with zero attached hydrogens (tertiary/aromatic N) is 1. The second-order valence-corrected chi connectivity index (χ2v) is 6.75. The van der Waals surface area contributed by atoms with Crippen LogP contribution in [0.1, 0.15) is 45.2 Å². The molecule has 1 rings (SSSR count). The van der Waals surface area contributed by atoms with Crippen LogP contribution in [0.2, 0.25) is 10.0 Å². The van der Waals surface area contributed by atoms with E-state index in [1.807, 2.05) is 18.2 Å². The molecule has 1 N–H and O–H groups in total. The summed E-state index contributed by atoms with van der Waals surface area (Å²) in [6, 6.07) is 6.35. The number of hydrogen-bond acceptors (Lipinski definition) is 2. The van der Waals surface area contributed by atoms with Crippen molar-refractivity contribution in [2.75, 3.05) is 20.6 Å². The van der Waals surface area contributed by atoms with Gasteiger partial charge in [-0.15, -0.1) is 0 Å². The summed E-state index contributed by atoms with van der Waals surface area (Å²) < 4.78 is 0. The van der Waals surface area contributed by atoms with Crippen molar-refractivity contribution >= 4 is 23.2 Å². The van der Waals surface area contributed by atoms with Crippen molar-refractivity contribution in [2.45, 2.75) is 45.7 Å². The van der Waals surface area contributed by atoms with Gasteiger partial charge in [-0.25, -0.2) is 0 Å². The number of halogens is 2. The highest BCUT2D eigenvalue weighted by Crippen LogP contribution is 2.26. The highest BCUT2D eigenvalue weighted by Gasteiger charge is 2.21. The van der Waals surface area contributed by atoms with E-state index in [1.54, 1.807) is 0 Å². The number of likely N-dealkylation sites (N-methyl/N-ethyl adjacent to an activating group) is 1. The summed E-state index contributed by atoms with van der Waals surface area (Å²) in [5.74, 6) is 0.703. The van der Waals surface area contributed by atoms with Crippen molar-refractivity contribution < 1.29 is 0 Å². The van der Waals surface area contributed by atoms with Crippen molar-refractivity contribution in [3.05, 3.63) is 33.8 Å². The summed E-state index contributed by atoms with van der Waals surface area (Å²) in [4.78, 5) is 2.32. The second kappa shape index (κ2) is 8.99. The molecular formula is C17H28Cl2N2. The molecule has 0 aromatic heterocycles. The second-order valence-electron chi connectivity index (χ2n) is 5.90. The van der Waals surface area contributed by atoms with Crippen LogP contribution in [0.25, 0.3) is 0 Å². The number of benzene rings is 1. The molecule has 1 aromatic rings. The summed E-state index contributed by atoms with van der Waals surface area (Å²) in [6.07, 6.45) is 2.40. The molecule has 0 heterocycles. The number of nitrogens with one attached hydrogen (secondary N) is 1. The zero-order chi connectivity index (χ0) is 16.0. The van der Waals surface area contributed by atoms with Crippen LogP contribution in [0, 0.1) is 5.92 Å². The maximum Gasteiger partial charge on any atom is 0.0454 e. The van der Waals surface area contributed by atoms with Crippen molar-refractivity contribution in [1.82, 2.24) is 10.2 Å².